The summed E-state index contributed by atoms with van der Waals surface area (Å²) in [5.41, 5.74) is 2.00. The fraction of sp³-hybridized carbons (Fsp3) is 0.471. The Bertz CT molecular complexity index is 867. The lowest BCUT2D eigenvalue weighted by Gasteiger charge is -2.36. The Morgan fingerprint density at radius 3 is 2.31 bits per heavy atom. The summed E-state index contributed by atoms with van der Waals surface area (Å²) in [5.74, 6) is 1.43. The number of nitrogens with one attached hydrogen (secondary N) is 1. The van der Waals surface area contributed by atoms with E-state index in [0.717, 1.165) is 11.4 Å². The van der Waals surface area contributed by atoms with Gasteiger partial charge in [-0.2, -0.15) is 9.40 Å². The smallest absolute Gasteiger partial charge is 0.246 e. The predicted molar refractivity (Wildman–Crippen MR) is 98.6 cm³/mol. The van der Waals surface area contributed by atoms with Crippen LogP contribution in [-0.4, -0.2) is 63.3 Å². The maximum Gasteiger partial charge on any atom is 0.246 e. The standard InChI is InChI=1S/C17H24N4O4S/c1-12-17(13(2)19-18-12)26(22,23)21-9-7-20(8-10-21)15-6-5-14(24-3)11-16(15)25-4/h5-6,11H,7-10H2,1-4H3,(H,18,19). The summed E-state index contributed by atoms with van der Waals surface area (Å²) in [7, 11) is -0.327. The minimum atomic E-state index is -3.55. The predicted octanol–water partition coefficient (Wildman–Crippen LogP) is 1.55. The van der Waals surface area contributed by atoms with Crippen LogP contribution in [0.15, 0.2) is 23.1 Å². The summed E-state index contributed by atoms with van der Waals surface area (Å²) >= 11 is 0. The fourth-order valence-electron chi connectivity index (χ4n) is 3.27. The van der Waals surface area contributed by atoms with E-state index in [-0.39, 0.29) is 4.90 Å². The molecule has 1 N–H and O–H groups in total. The zero-order chi connectivity index (χ0) is 18.9. The number of hydrogen-bond donors (Lipinski definition) is 1. The largest absolute Gasteiger partial charge is 0.497 e. The van der Waals surface area contributed by atoms with Crippen molar-refractivity contribution in [1.29, 1.82) is 0 Å². The van der Waals surface area contributed by atoms with Gasteiger partial charge in [0.1, 0.15) is 16.4 Å². The lowest BCUT2D eigenvalue weighted by molar-refractivity contribution is 0.375. The Labute approximate surface area is 153 Å². The molecule has 1 fully saturated rings. The van der Waals surface area contributed by atoms with Gasteiger partial charge in [0.05, 0.1) is 31.3 Å². The summed E-state index contributed by atoms with van der Waals surface area (Å²) in [4.78, 5) is 2.41. The number of piperazine rings is 1. The van der Waals surface area contributed by atoms with E-state index in [4.69, 9.17) is 9.47 Å². The zero-order valence-electron chi connectivity index (χ0n) is 15.4. The maximum absolute atomic E-state index is 12.9. The second kappa shape index (κ2) is 7.16. The third-order valence-corrected chi connectivity index (χ3v) is 6.79. The van der Waals surface area contributed by atoms with E-state index in [2.05, 4.69) is 15.1 Å². The van der Waals surface area contributed by atoms with Gasteiger partial charge in [0.2, 0.25) is 10.0 Å². The molecule has 1 aliphatic heterocycles. The van der Waals surface area contributed by atoms with Gasteiger partial charge in [0.15, 0.2) is 0 Å². The van der Waals surface area contributed by atoms with Gasteiger partial charge in [-0.25, -0.2) is 8.42 Å². The molecule has 0 aliphatic carbocycles. The molecule has 0 bridgehead atoms. The number of aryl methyl sites for hydroxylation is 2. The maximum atomic E-state index is 12.9. The molecule has 0 spiro atoms. The quantitative estimate of drug-likeness (QED) is 0.847. The second-order valence-corrected chi connectivity index (χ2v) is 8.07. The molecule has 1 aromatic heterocycles. The van der Waals surface area contributed by atoms with Crippen LogP contribution in [-0.2, 0) is 10.0 Å². The van der Waals surface area contributed by atoms with Gasteiger partial charge in [0, 0.05) is 32.2 Å². The lowest BCUT2D eigenvalue weighted by atomic mass is 10.2. The number of methoxy groups -OCH3 is 2. The molecule has 0 amide bonds. The molecule has 0 saturated carbocycles. The lowest BCUT2D eigenvalue weighted by Crippen LogP contribution is -2.48. The third kappa shape index (κ3) is 3.24. The topological polar surface area (TPSA) is 87.8 Å². The van der Waals surface area contributed by atoms with Crippen LogP contribution >= 0.6 is 0 Å². The Morgan fingerprint density at radius 2 is 1.77 bits per heavy atom. The molecule has 3 rings (SSSR count). The number of nitrogens with zero attached hydrogens (tertiary/aromatic N) is 3. The average Bonchev–Trinajstić information content (AvgIpc) is 3.00. The first-order chi connectivity index (χ1) is 12.4. The SMILES string of the molecule is COc1ccc(N2CCN(S(=O)(=O)c3c(C)n[nH]c3C)CC2)c(OC)c1. The number of rotatable bonds is 5. The first-order valence-corrected chi connectivity index (χ1v) is 9.81. The van der Waals surface area contributed by atoms with Crippen molar-refractivity contribution in [2.75, 3.05) is 45.3 Å². The molecule has 0 unspecified atom stereocenters. The molecule has 2 heterocycles. The van der Waals surface area contributed by atoms with E-state index < -0.39 is 10.0 Å². The van der Waals surface area contributed by atoms with Crippen LogP contribution in [0.2, 0.25) is 0 Å². The van der Waals surface area contributed by atoms with E-state index >= 15 is 0 Å². The summed E-state index contributed by atoms with van der Waals surface area (Å²) in [5, 5.41) is 6.76. The van der Waals surface area contributed by atoms with E-state index in [0.29, 0.717) is 43.3 Å². The van der Waals surface area contributed by atoms with Crippen LogP contribution in [0.25, 0.3) is 0 Å². The third-order valence-electron chi connectivity index (χ3n) is 4.62. The summed E-state index contributed by atoms with van der Waals surface area (Å²) in [6, 6.07) is 5.64. The first kappa shape index (κ1) is 18.5. The molecule has 2 aromatic rings. The minimum absolute atomic E-state index is 0.285. The Morgan fingerprint density at radius 1 is 1.08 bits per heavy atom. The van der Waals surface area contributed by atoms with Crippen molar-refractivity contribution in [3.8, 4) is 11.5 Å². The highest BCUT2D eigenvalue weighted by atomic mass is 32.2. The molecule has 26 heavy (non-hydrogen) atoms. The number of hydrogen-bond acceptors (Lipinski definition) is 6. The van der Waals surface area contributed by atoms with Crippen LogP contribution in [0.1, 0.15) is 11.4 Å². The van der Waals surface area contributed by atoms with E-state index in [1.54, 1.807) is 28.1 Å². The first-order valence-electron chi connectivity index (χ1n) is 8.37. The average molecular weight is 380 g/mol. The van der Waals surface area contributed by atoms with Crippen molar-refractivity contribution in [3.05, 3.63) is 29.6 Å². The van der Waals surface area contributed by atoms with E-state index in [9.17, 15) is 8.42 Å². The van der Waals surface area contributed by atoms with Crippen molar-refractivity contribution < 1.29 is 17.9 Å². The molecule has 0 radical (unpaired) electrons. The van der Waals surface area contributed by atoms with Gasteiger partial charge >= 0.3 is 0 Å². The van der Waals surface area contributed by atoms with Gasteiger partial charge in [-0.15, -0.1) is 0 Å². The molecule has 8 nitrogen and oxygen atoms in total. The second-order valence-electron chi connectivity index (χ2n) is 6.19. The highest BCUT2D eigenvalue weighted by Crippen LogP contribution is 2.33. The molecule has 142 valence electrons. The number of benzene rings is 1. The summed E-state index contributed by atoms with van der Waals surface area (Å²) < 4.78 is 38.1. The number of H-pyrrole nitrogens is 1. The molecule has 1 saturated heterocycles. The summed E-state index contributed by atoms with van der Waals surface area (Å²) in [6.07, 6.45) is 0. The Kier molecular flexibility index (Phi) is 5.10. The highest BCUT2D eigenvalue weighted by molar-refractivity contribution is 7.89. The van der Waals surface area contributed by atoms with Gasteiger partial charge in [-0.1, -0.05) is 0 Å². The van der Waals surface area contributed by atoms with Gasteiger partial charge in [-0.05, 0) is 26.0 Å². The van der Waals surface area contributed by atoms with E-state index in [1.807, 2.05) is 18.2 Å². The number of anilines is 1. The number of aromatic nitrogens is 2. The van der Waals surface area contributed by atoms with Crippen LogP contribution in [0.4, 0.5) is 5.69 Å². The normalized spacial score (nSPS) is 15.9. The van der Waals surface area contributed by atoms with Crippen LogP contribution in [0.3, 0.4) is 0 Å². The van der Waals surface area contributed by atoms with Crippen LogP contribution in [0.5, 0.6) is 11.5 Å². The number of aromatic amines is 1. The number of ether oxygens (including phenoxy) is 2. The molecule has 1 aromatic carbocycles. The fourth-order valence-corrected chi connectivity index (χ4v) is 5.02. The van der Waals surface area contributed by atoms with Gasteiger partial charge < -0.3 is 14.4 Å². The molecule has 1 aliphatic rings. The van der Waals surface area contributed by atoms with Crippen molar-refractivity contribution in [2.24, 2.45) is 0 Å². The monoisotopic (exact) mass is 380 g/mol. The van der Waals surface area contributed by atoms with Crippen molar-refractivity contribution >= 4 is 15.7 Å². The zero-order valence-corrected chi connectivity index (χ0v) is 16.3. The molecular weight excluding hydrogens is 356 g/mol. The van der Waals surface area contributed by atoms with Gasteiger partial charge in [0.25, 0.3) is 0 Å². The number of sulfonamides is 1. The Hall–Kier alpha value is -2.26. The van der Waals surface area contributed by atoms with E-state index in [1.165, 1.54) is 4.31 Å². The Balaban J connectivity index is 1.78. The minimum Gasteiger partial charge on any atom is -0.497 e. The van der Waals surface area contributed by atoms with Crippen molar-refractivity contribution in [1.82, 2.24) is 14.5 Å². The van der Waals surface area contributed by atoms with Crippen LogP contribution < -0.4 is 14.4 Å². The van der Waals surface area contributed by atoms with Crippen LogP contribution in [0, 0.1) is 13.8 Å². The molecular formula is C17H24N4O4S. The van der Waals surface area contributed by atoms with Crippen molar-refractivity contribution in [2.45, 2.75) is 18.7 Å². The summed E-state index contributed by atoms with van der Waals surface area (Å²) in [6.45, 7) is 5.40. The molecule has 9 heteroatoms. The highest BCUT2D eigenvalue weighted by Gasteiger charge is 2.32. The molecule has 0 atom stereocenters. The van der Waals surface area contributed by atoms with Gasteiger partial charge in [-0.3, -0.25) is 5.10 Å². The van der Waals surface area contributed by atoms with Crippen molar-refractivity contribution in [3.63, 3.8) is 0 Å².